The smallest absolute Gasteiger partial charge is 0.127 e. The van der Waals surface area contributed by atoms with Crippen LogP contribution in [-0.2, 0) is 0 Å². The Balaban J connectivity index is 1.98. The molecule has 1 fully saturated rings. The molecule has 96 valence electrons. The van der Waals surface area contributed by atoms with Gasteiger partial charge in [-0.15, -0.1) is 0 Å². The summed E-state index contributed by atoms with van der Waals surface area (Å²) in [6.45, 7) is 2.20. The molecule has 0 amide bonds. The van der Waals surface area contributed by atoms with Crippen molar-refractivity contribution in [1.82, 2.24) is 4.98 Å². The third kappa shape index (κ3) is 3.21. The predicted molar refractivity (Wildman–Crippen MR) is 70.1 cm³/mol. The van der Waals surface area contributed by atoms with Crippen LogP contribution in [0.3, 0.4) is 0 Å². The summed E-state index contributed by atoms with van der Waals surface area (Å²) < 4.78 is 0. The number of aromatic nitrogens is 1. The van der Waals surface area contributed by atoms with E-state index in [0.717, 1.165) is 37.2 Å². The summed E-state index contributed by atoms with van der Waals surface area (Å²) in [6.07, 6.45) is 4.24. The topological polar surface area (TPSA) is 68.9 Å². The van der Waals surface area contributed by atoms with Gasteiger partial charge in [-0.3, -0.25) is 0 Å². The first kappa shape index (κ1) is 12.8. The zero-order valence-corrected chi connectivity index (χ0v) is 10.7. The number of hydrogen-bond acceptors (Lipinski definition) is 4. The SMILES string of the molecule is Cc1cc(C#N)cc(NC2CCC(CO)CC2)n1. The molecular weight excluding hydrogens is 226 g/mol. The van der Waals surface area contributed by atoms with E-state index >= 15 is 0 Å². The highest BCUT2D eigenvalue weighted by atomic mass is 16.3. The monoisotopic (exact) mass is 245 g/mol. The second-order valence-corrected chi connectivity index (χ2v) is 5.04. The molecule has 0 aliphatic heterocycles. The highest BCUT2D eigenvalue weighted by Crippen LogP contribution is 2.26. The number of aryl methyl sites for hydroxylation is 1. The molecule has 1 aliphatic rings. The first-order chi connectivity index (χ1) is 8.71. The number of rotatable bonds is 3. The molecule has 1 aromatic rings. The molecule has 0 aromatic carbocycles. The number of nitriles is 1. The van der Waals surface area contributed by atoms with Crippen LogP contribution >= 0.6 is 0 Å². The van der Waals surface area contributed by atoms with Crippen molar-refractivity contribution < 1.29 is 5.11 Å². The molecule has 0 radical (unpaired) electrons. The van der Waals surface area contributed by atoms with E-state index in [1.165, 1.54) is 0 Å². The van der Waals surface area contributed by atoms with Crippen molar-refractivity contribution in [1.29, 1.82) is 5.26 Å². The lowest BCUT2D eigenvalue weighted by Crippen LogP contribution is -2.27. The molecule has 0 saturated heterocycles. The number of pyridine rings is 1. The molecule has 0 atom stereocenters. The summed E-state index contributed by atoms with van der Waals surface area (Å²) >= 11 is 0. The molecule has 18 heavy (non-hydrogen) atoms. The fraction of sp³-hybridized carbons (Fsp3) is 0.571. The van der Waals surface area contributed by atoms with Crippen LogP contribution in [0.5, 0.6) is 0 Å². The van der Waals surface area contributed by atoms with Crippen molar-refractivity contribution >= 4 is 5.82 Å². The first-order valence-electron chi connectivity index (χ1n) is 6.47. The Bertz CT molecular complexity index is 445. The lowest BCUT2D eigenvalue weighted by molar-refractivity contribution is 0.185. The van der Waals surface area contributed by atoms with Crippen LogP contribution in [-0.4, -0.2) is 22.7 Å². The van der Waals surface area contributed by atoms with Crippen molar-refractivity contribution in [2.75, 3.05) is 11.9 Å². The first-order valence-corrected chi connectivity index (χ1v) is 6.47. The van der Waals surface area contributed by atoms with Gasteiger partial charge in [-0.05, 0) is 50.7 Å². The molecule has 4 nitrogen and oxygen atoms in total. The largest absolute Gasteiger partial charge is 0.396 e. The Morgan fingerprint density at radius 3 is 2.72 bits per heavy atom. The molecule has 0 bridgehead atoms. The zero-order valence-electron chi connectivity index (χ0n) is 10.7. The average Bonchev–Trinajstić information content (AvgIpc) is 2.39. The molecule has 1 aromatic heterocycles. The highest BCUT2D eigenvalue weighted by Gasteiger charge is 2.20. The molecule has 1 saturated carbocycles. The maximum absolute atomic E-state index is 9.10. The molecular formula is C14H19N3O. The standard InChI is InChI=1S/C14H19N3O/c1-10-6-12(8-15)7-14(16-10)17-13-4-2-11(9-18)3-5-13/h6-7,11,13,18H,2-5,9H2,1H3,(H,16,17). The summed E-state index contributed by atoms with van der Waals surface area (Å²) in [4.78, 5) is 4.40. The fourth-order valence-electron chi connectivity index (χ4n) is 2.51. The Labute approximate surface area is 108 Å². The average molecular weight is 245 g/mol. The van der Waals surface area contributed by atoms with Crippen molar-refractivity contribution in [3.63, 3.8) is 0 Å². The summed E-state index contributed by atoms with van der Waals surface area (Å²) in [7, 11) is 0. The van der Waals surface area contributed by atoms with E-state index in [2.05, 4.69) is 16.4 Å². The van der Waals surface area contributed by atoms with Gasteiger partial charge in [0.25, 0.3) is 0 Å². The van der Waals surface area contributed by atoms with E-state index < -0.39 is 0 Å². The fourth-order valence-corrected chi connectivity index (χ4v) is 2.51. The van der Waals surface area contributed by atoms with Gasteiger partial charge in [0.05, 0.1) is 11.6 Å². The van der Waals surface area contributed by atoms with Crippen LogP contribution < -0.4 is 5.32 Å². The Hall–Kier alpha value is -1.60. The van der Waals surface area contributed by atoms with Gasteiger partial charge in [0, 0.05) is 18.3 Å². The summed E-state index contributed by atoms with van der Waals surface area (Å²) in [5.41, 5.74) is 1.51. The van der Waals surface area contributed by atoms with Gasteiger partial charge in [-0.1, -0.05) is 0 Å². The van der Waals surface area contributed by atoms with E-state index in [9.17, 15) is 0 Å². The van der Waals surface area contributed by atoms with Crippen LogP contribution in [0.15, 0.2) is 12.1 Å². The van der Waals surface area contributed by atoms with Crippen molar-refractivity contribution in [3.8, 4) is 6.07 Å². The lowest BCUT2D eigenvalue weighted by atomic mass is 9.86. The van der Waals surface area contributed by atoms with Crippen molar-refractivity contribution in [2.45, 2.75) is 38.6 Å². The number of aliphatic hydroxyl groups excluding tert-OH is 1. The number of anilines is 1. The predicted octanol–water partition coefficient (Wildman–Crippen LogP) is 2.22. The van der Waals surface area contributed by atoms with Crippen LogP contribution in [0.1, 0.15) is 36.9 Å². The second kappa shape index (κ2) is 5.83. The minimum atomic E-state index is 0.300. The molecule has 4 heteroatoms. The van der Waals surface area contributed by atoms with Crippen LogP contribution in [0.4, 0.5) is 5.82 Å². The van der Waals surface area contributed by atoms with E-state index in [0.29, 0.717) is 24.1 Å². The Morgan fingerprint density at radius 1 is 1.39 bits per heavy atom. The van der Waals surface area contributed by atoms with E-state index in [1.807, 2.05) is 6.92 Å². The van der Waals surface area contributed by atoms with Gasteiger partial charge < -0.3 is 10.4 Å². The summed E-state index contributed by atoms with van der Waals surface area (Å²) in [6, 6.07) is 6.14. The van der Waals surface area contributed by atoms with E-state index in [1.54, 1.807) is 12.1 Å². The van der Waals surface area contributed by atoms with Crippen LogP contribution in [0.2, 0.25) is 0 Å². The van der Waals surface area contributed by atoms with Crippen LogP contribution in [0.25, 0.3) is 0 Å². The van der Waals surface area contributed by atoms with Crippen molar-refractivity contribution in [3.05, 3.63) is 23.4 Å². The number of nitrogens with zero attached hydrogens (tertiary/aromatic N) is 2. The third-order valence-corrected chi connectivity index (χ3v) is 3.54. The lowest BCUT2D eigenvalue weighted by Gasteiger charge is -2.28. The molecule has 0 spiro atoms. The van der Waals surface area contributed by atoms with Gasteiger partial charge >= 0.3 is 0 Å². The minimum Gasteiger partial charge on any atom is -0.396 e. The van der Waals surface area contributed by atoms with Gasteiger partial charge in [0.2, 0.25) is 0 Å². The molecule has 1 heterocycles. The maximum atomic E-state index is 9.10. The van der Waals surface area contributed by atoms with E-state index in [4.69, 9.17) is 10.4 Å². The zero-order chi connectivity index (χ0) is 13.0. The summed E-state index contributed by atoms with van der Waals surface area (Å²) in [5.74, 6) is 1.25. The van der Waals surface area contributed by atoms with Gasteiger partial charge in [-0.2, -0.15) is 5.26 Å². The van der Waals surface area contributed by atoms with Gasteiger partial charge in [-0.25, -0.2) is 4.98 Å². The molecule has 0 unspecified atom stereocenters. The Kier molecular flexibility index (Phi) is 4.16. The minimum absolute atomic E-state index is 0.300. The van der Waals surface area contributed by atoms with Gasteiger partial charge in [0.15, 0.2) is 0 Å². The number of aliphatic hydroxyl groups is 1. The molecule has 2 N–H and O–H groups in total. The molecule has 1 aliphatic carbocycles. The normalized spacial score (nSPS) is 23.4. The van der Waals surface area contributed by atoms with Crippen LogP contribution in [0, 0.1) is 24.2 Å². The quantitative estimate of drug-likeness (QED) is 0.856. The number of nitrogens with one attached hydrogen (secondary N) is 1. The summed E-state index contributed by atoms with van der Waals surface area (Å²) in [5, 5.41) is 21.4. The van der Waals surface area contributed by atoms with Gasteiger partial charge in [0.1, 0.15) is 5.82 Å². The van der Waals surface area contributed by atoms with Crippen molar-refractivity contribution in [2.24, 2.45) is 5.92 Å². The second-order valence-electron chi connectivity index (χ2n) is 5.04. The maximum Gasteiger partial charge on any atom is 0.127 e. The van der Waals surface area contributed by atoms with E-state index in [-0.39, 0.29) is 0 Å². The highest BCUT2D eigenvalue weighted by molar-refractivity contribution is 5.45. The third-order valence-electron chi connectivity index (χ3n) is 3.54. The number of hydrogen-bond donors (Lipinski definition) is 2. The molecule has 2 rings (SSSR count). The Morgan fingerprint density at radius 2 is 2.11 bits per heavy atom.